The molecule has 7 heteroatoms. The van der Waals surface area contributed by atoms with Gasteiger partial charge in [-0.25, -0.2) is 4.68 Å². The third kappa shape index (κ3) is 5.31. The highest BCUT2D eigenvalue weighted by Crippen LogP contribution is 2.25. The normalized spacial score (nSPS) is 11.3. The van der Waals surface area contributed by atoms with E-state index in [1.807, 2.05) is 66.5 Å². The number of guanidine groups is 1. The number of hydrogen-bond donors (Lipinski definition) is 1. The minimum absolute atomic E-state index is 0.665. The third-order valence-electron chi connectivity index (χ3n) is 4.83. The number of methoxy groups -OCH3 is 2. The first-order valence-electron chi connectivity index (χ1n) is 9.86. The van der Waals surface area contributed by atoms with Crippen LogP contribution in [0.1, 0.15) is 11.1 Å². The van der Waals surface area contributed by atoms with Crippen LogP contribution in [0.5, 0.6) is 11.5 Å². The van der Waals surface area contributed by atoms with Gasteiger partial charge in [0.25, 0.3) is 0 Å². The molecule has 7 nitrogen and oxygen atoms in total. The van der Waals surface area contributed by atoms with E-state index in [4.69, 9.17) is 9.47 Å². The number of nitrogens with one attached hydrogen (secondary N) is 1. The van der Waals surface area contributed by atoms with E-state index in [9.17, 15) is 0 Å². The fourth-order valence-electron chi connectivity index (χ4n) is 3.23. The van der Waals surface area contributed by atoms with E-state index in [1.165, 1.54) is 5.56 Å². The lowest BCUT2D eigenvalue weighted by Gasteiger charge is -2.23. The van der Waals surface area contributed by atoms with Gasteiger partial charge in [-0.15, -0.1) is 0 Å². The topological polar surface area (TPSA) is 63.9 Å². The van der Waals surface area contributed by atoms with Crippen LogP contribution >= 0.6 is 0 Å². The number of ether oxygens (including phenoxy) is 2. The molecule has 0 fully saturated rings. The Bertz CT molecular complexity index is 969. The molecular formula is C23H29N5O2. The molecule has 0 spiro atoms. The van der Waals surface area contributed by atoms with E-state index in [0.717, 1.165) is 41.7 Å². The van der Waals surface area contributed by atoms with Gasteiger partial charge in [0.2, 0.25) is 0 Å². The van der Waals surface area contributed by atoms with E-state index in [0.29, 0.717) is 6.54 Å². The molecule has 0 aliphatic carbocycles. The van der Waals surface area contributed by atoms with E-state index >= 15 is 0 Å². The van der Waals surface area contributed by atoms with Gasteiger partial charge in [0.15, 0.2) is 5.96 Å². The number of benzene rings is 2. The molecule has 0 saturated heterocycles. The molecular weight excluding hydrogens is 378 g/mol. The summed E-state index contributed by atoms with van der Waals surface area (Å²) in [6.45, 7) is 1.43. The molecule has 1 heterocycles. The summed E-state index contributed by atoms with van der Waals surface area (Å²) >= 11 is 0. The van der Waals surface area contributed by atoms with Gasteiger partial charge in [0, 0.05) is 45.0 Å². The molecule has 3 aromatic rings. The van der Waals surface area contributed by atoms with Crippen molar-refractivity contribution < 1.29 is 9.47 Å². The van der Waals surface area contributed by atoms with Crippen LogP contribution in [0.25, 0.3) is 5.69 Å². The van der Waals surface area contributed by atoms with E-state index in [1.54, 1.807) is 21.3 Å². The predicted octanol–water partition coefficient (Wildman–Crippen LogP) is 3.14. The van der Waals surface area contributed by atoms with Crippen molar-refractivity contribution in [3.63, 3.8) is 0 Å². The fourth-order valence-corrected chi connectivity index (χ4v) is 3.23. The van der Waals surface area contributed by atoms with E-state index < -0.39 is 0 Å². The Labute approximate surface area is 178 Å². The Morgan fingerprint density at radius 1 is 1.13 bits per heavy atom. The minimum Gasteiger partial charge on any atom is -0.497 e. The molecule has 1 N–H and O–H groups in total. The highest BCUT2D eigenvalue weighted by molar-refractivity contribution is 5.79. The molecule has 0 aliphatic rings. The van der Waals surface area contributed by atoms with Gasteiger partial charge in [-0.05, 0) is 36.2 Å². The first kappa shape index (κ1) is 21.2. The molecule has 0 amide bonds. The molecule has 0 saturated carbocycles. The van der Waals surface area contributed by atoms with E-state index in [2.05, 4.69) is 26.5 Å². The lowest BCUT2D eigenvalue weighted by molar-refractivity contribution is 0.382. The second-order valence-corrected chi connectivity index (χ2v) is 6.89. The van der Waals surface area contributed by atoms with Gasteiger partial charge in [0.05, 0.1) is 26.1 Å². The van der Waals surface area contributed by atoms with Crippen molar-refractivity contribution in [2.24, 2.45) is 4.99 Å². The van der Waals surface area contributed by atoms with Gasteiger partial charge in [-0.1, -0.05) is 18.2 Å². The summed E-state index contributed by atoms with van der Waals surface area (Å²) < 4.78 is 12.7. The summed E-state index contributed by atoms with van der Waals surface area (Å²) in [5.41, 5.74) is 3.29. The van der Waals surface area contributed by atoms with E-state index in [-0.39, 0.29) is 0 Å². The zero-order valence-corrected chi connectivity index (χ0v) is 18.0. The van der Waals surface area contributed by atoms with Crippen molar-refractivity contribution in [2.45, 2.75) is 13.0 Å². The van der Waals surface area contributed by atoms with Crippen LogP contribution in [0.15, 0.2) is 65.9 Å². The number of rotatable bonds is 8. The van der Waals surface area contributed by atoms with Gasteiger partial charge >= 0.3 is 0 Å². The monoisotopic (exact) mass is 407 g/mol. The Morgan fingerprint density at radius 2 is 1.93 bits per heavy atom. The molecule has 1 aromatic heterocycles. The molecule has 0 atom stereocenters. The Balaban J connectivity index is 1.55. The van der Waals surface area contributed by atoms with Crippen molar-refractivity contribution in [1.29, 1.82) is 0 Å². The van der Waals surface area contributed by atoms with Gasteiger partial charge < -0.3 is 19.7 Å². The molecule has 0 unspecified atom stereocenters. The molecule has 0 aliphatic heterocycles. The summed E-state index contributed by atoms with van der Waals surface area (Å²) in [6.07, 6.45) is 4.82. The van der Waals surface area contributed by atoms with Gasteiger partial charge in [-0.3, -0.25) is 4.99 Å². The molecule has 158 valence electrons. The van der Waals surface area contributed by atoms with Gasteiger partial charge in [0.1, 0.15) is 11.5 Å². The standard InChI is InChI=1S/C23H29N5O2/c1-24-23(27(2)17-19-10-11-21(29-3)14-22(19)30-4)25-13-12-18-15-26-28(16-18)20-8-6-5-7-9-20/h5-11,14-16H,12-13,17H2,1-4H3,(H,24,25). The quantitative estimate of drug-likeness (QED) is 0.459. The maximum Gasteiger partial charge on any atom is 0.193 e. The Kier molecular flexibility index (Phi) is 7.32. The molecule has 0 bridgehead atoms. The highest BCUT2D eigenvalue weighted by atomic mass is 16.5. The number of hydrogen-bond acceptors (Lipinski definition) is 4. The van der Waals surface area contributed by atoms with Crippen LogP contribution in [0.2, 0.25) is 0 Å². The molecule has 30 heavy (non-hydrogen) atoms. The van der Waals surface area contributed by atoms with Crippen LogP contribution in [0.3, 0.4) is 0 Å². The van der Waals surface area contributed by atoms with Crippen molar-refractivity contribution in [1.82, 2.24) is 20.0 Å². The Morgan fingerprint density at radius 3 is 2.63 bits per heavy atom. The van der Waals surface area contributed by atoms with Crippen LogP contribution < -0.4 is 14.8 Å². The number of aromatic nitrogens is 2. The molecule has 2 aromatic carbocycles. The summed E-state index contributed by atoms with van der Waals surface area (Å²) in [5, 5.41) is 7.87. The van der Waals surface area contributed by atoms with Crippen molar-refractivity contribution in [3.05, 3.63) is 72.1 Å². The first-order chi connectivity index (χ1) is 14.6. The summed E-state index contributed by atoms with van der Waals surface area (Å²) in [5.74, 6) is 2.39. The second kappa shape index (κ2) is 10.3. The van der Waals surface area contributed by atoms with Crippen molar-refractivity contribution in [2.75, 3.05) is 34.9 Å². The van der Waals surface area contributed by atoms with Crippen LogP contribution in [0, 0.1) is 0 Å². The molecule has 0 radical (unpaired) electrons. The van der Waals surface area contributed by atoms with Crippen molar-refractivity contribution >= 4 is 5.96 Å². The zero-order valence-electron chi connectivity index (χ0n) is 18.0. The zero-order chi connectivity index (χ0) is 21.3. The lowest BCUT2D eigenvalue weighted by Crippen LogP contribution is -2.39. The SMILES string of the molecule is CN=C(NCCc1cnn(-c2ccccc2)c1)N(C)Cc1ccc(OC)cc1OC. The number of para-hydroxylation sites is 1. The average Bonchev–Trinajstić information content (AvgIpc) is 3.26. The molecule has 3 rings (SSSR count). The lowest BCUT2D eigenvalue weighted by atomic mass is 10.2. The minimum atomic E-state index is 0.665. The summed E-state index contributed by atoms with van der Waals surface area (Å²) in [7, 11) is 7.11. The fraction of sp³-hybridized carbons (Fsp3) is 0.304. The Hall–Kier alpha value is -3.48. The van der Waals surface area contributed by atoms with Crippen LogP contribution in [-0.2, 0) is 13.0 Å². The third-order valence-corrected chi connectivity index (χ3v) is 4.83. The van der Waals surface area contributed by atoms with Gasteiger partial charge in [-0.2, -0.15) is 5.10 Å². The second-order valence-electron chi connectivity index (χ2n) is 6.89. The maximum absolute atomic E-state index is 5.50. The van der Waals surface area contributed by atoms with Crippen molar-refractivity contribution in [3.8, 4) is 17.2 Å². The number of nitrogens with zero attached hydrogens (tertiary/aromatic N) is 4. The smallest absolute Gasteiger partial charge is 0.193 e. The van der Waals surface area contributed by atoms with Crippen LogP contribution in [-0.4, -0.2) is 55.5 Å². The largest absolute Gasteiger partial charge is 0.497 e. The average molecular weight is 408 g/mol. The van der Waals surface area contributed by atoms with Crippen LogP contribution in [0.4, 0.5) is 0 Å². The maximum atomic E-state index is 5.50. The predicted molar refractivity (Wildman–Crippen MR) is 120 cm³/mol. The first-order valence-corrected chi connectivity index (χ1v) is 9.86. The highest BCUT2D eigenvalue weighted by Gasteiger charge is 2.11. The number of aliphatic imine (C=N–C) groups is 1. The summed E-state index contributed by atoms with van der Waals surface area (Å²) in [4.78, 5) is 6.47. The summed E-state index contributed by atoms with van der Waals surface area (Å²) in [6, 6.07) is 15.9.